The van der Waals surface area contributed by atoms with E-state index < -0.39 is 11.7 Å². The molecule has 2 aromatic rings. The molecule has 0 bridgehead atoms. The van der Waals surface area contributed by atoms with Gasteiger partial charge < -0.3 is 20.0 Å². The Morgan fingerprint density at radius 3 is 2.83 bits per heavy atom. The largest absolute Gasteiger partial charge is 0.415 e. The molecule has 0 radical (unpaired) electrons. The summed E-state index contributed by atoms with van der Waals surface area (Å²) in [5, 5.41) is 17.5. The normalized spacial score (nSPS) is 10.8. The Morgan fingerprint density at radius 2 is 2.21 bits per heavy atom. The van der Waals surface area contributed by atoms with Crippen LogP contribution in [0.1, 0.15) is 32.0 Å². The van der Waals surface area contributed by atoms with Gasteiger partial charge in [-0.25, -0.2) is 4.79 Å². The van der Waals surface area contributed by atoms with Gasteiger partial charge >= 0.3 is 12.0 Å². The minimum absolute atomic E-state index is 0. The lowest BCUT2D eigenvalue weighted by atomic mass is 10.2. The number of nitrogens with zero attached hydrogens (tertiary/aromatic N) is 3. The number of rotatable bonds is 5. The number of hydrogen-bond donors (Lipinski definition) is 1. The average molecular weight is 359 g/mol. The number of amides is 1. The fraction of sp³-hybridized carbons (Fsp3) is 0.429. The molecule has 1 N–H and O–H groups in total. The third-order valence-corrected chi connectivity index (χ3v) is 2.63. The Bertz CT molecular complexity index is 657. The lowest BCUT2D eigenvalue weighted by molar-refractivity contribution is -0.804. The molecule has 0 spiro atoms. The molecule has 0 aliphatic rings. The van der Waals surface area contributed by atoms with Crippen molar-refractivity contribution in [1.29, 1.82) is 0 Å². The molecule has 0 fully saturated rings. The minimum Gasteiger partial charge on any atom is -0.367 e. The van der Waals surface area contributed by atoms with Crippen molar-refractivity contribution in [3.63, 3.8) is 0 Å². The molecule has 9 nitrogen and oxygen atoms in total. The summed E-state index contributed by atoms with van der Waals surface area (Å²) in [7, 11) is 0. The Morgan fingerprint density at radius 1 is 1.46 bits per heavy atom. The molecule has 0 atom stereocenters. The highest BCUT2D eigenvalue weighted by atomic mass is 35.5. The van der Waals surface area contributed by atoms with Gasteiger partial charge in [0.1, 0.15) is 6.61 Å². The van der Waals surface area contributed by atoms with Crippen LogP contribution < -0.4 is 15.0 Å². The van der Waals surface area contributed by atoms with Gasteiger partial charge in [0.15, 0.2) is 0 Å². The van der Waals surface area contributed by atoms with E-state index in [0.717, 1.165) is 5.56 Å². The van der Waals surface area contributed by atoms with E-state index >= 15 is 0 Å². The predicted octanol–water partition coefficient (Wildman–Crippen LogP) is 1.73. The van der Waals surface area contributed by atoms with Crippen molar-refractivity contribution in [1.82, 2.24) is 15.5 Å². The second-order valence-electron chi connectivity index (χ2n) is 5.69. The van der Waals surface area contributed by atoms with Gasteiger partial charge in [-0.3, -0.25) is 9.61 Å². The molecule has 24 heavy (non-hydrogen) atoms. The maximum absolute atomic E-state index is 11.8. The molecule has 0 saturated carbocycles. The Labute approximate surface area is 144 Å². The summed E-state index contributed by atoms with van der Waals surface area (Å²) in [4.78, 5) is 15.7. The summed E-state index contributed by atoms with van der Waals surface area (Å²) in [5.41, 5.74) is 0.458. The quantitative estimate of drug-likeness (QED) is 0.809. The molecule has 0 aliphatic heterocycles. The summed E-state index contributed by atoms with van der Waals surface area (Å²) in [5.74, 6) is -0.349. The van der Waals surface area contributed by atoms with E-state index in [9.17, 15) is 10.0 Å². The fourth-order valence-electron chi connectivity index (χ4n) is 1.54. The number of halogens is 1. The number of carbonyl (C=O) groups is 1. The maximum atomic E-state index is 11.8. The number of carbonyl (C=O) groups excluding carboxylic acids is 1. The molecule has 2 aromatic heterocycles. The van der Waals surface area contributed by atoms with Crippen molar-refractivity contribution in [3.8, 4) is 5.88 Å². The number of hydrogen-bond acceptors (Lipinski definition) is 7. The van der Waals surface area contributed by atoms with Crippen LogP contribution in [0.25, 0.3) is 0 Å². The number of nitrogens with one attached hydrogen (secondary N) is 1. The van der Waals surface area contributed by atoms with Gasteiger partial charge in [-0.05, 0) is 37.3 Å². The van der Waals surface area contributed by atoms with Gasteiger partial charge in [0, 0.05) is 24.1 Å². The molecule has 132 valence electrons. The van der Waals surface area contributed by atoms with Crippen molar-refractivity contribution >= 4 is 18.5 Å². The summed E-state index contributed by atoms with van der Waals surface area (Å²) in [6.45, 7) is 5.73. The van der Waals surface area contributed by atoms with Crippen molar-refractivity contribution in [2.75, 3.05) is 0 Å². The zero-order valence-electron chi connectivity index (χ0n) is 13.5. The third-order valence-electron chi connectivity index (χ3n) is 2.63. The average Bonchev–Trinajstić information content (AvgIpc) is 2.84. The van der Waals surface area contributed by atoms with E-state index in [4.69, 9.17) is 9.47 Å². The van der Waals surface area contributed by atoms with E-state index in [2.05, 4.69) is 20.1 Å². The van der Waals surface area contributed by atoms with Crippen LogP contribution >= 0.6 is 12.4 Å². The Hall–Kier alpha value is -2.39. The molecular weight excluding hydrogens is 340 g/mol. The molecule has 1 amide bonds. The second kappa shape index (κ2) is 8.46. The first kappa shape index (κ1) is 19.7. The van der Waals surface area contributed by atoms with Crippen molar-refractivity contribution in [2.24, 2.45) is 0 Å². The van der Waals surface area contributed by atoms with Crippen LogP contribution in [0.5, 0.6) is 5.88 Å². The highest BCUT2D eigenvalue weighted by Gasteiger charge is 2.26. The smallest absolute Gasteiger partial charge is 0.367 e. The summed E-state index contributed by atoms with van der Waals surface area (Å²) in [6, 6.07) is 3.54. The third kappa shape index (κ3) is 6.01. The second-order valence-corrected chi connectivity index (χ2v) is 5.69. The van der Waals surface area contributed by atoms with E-state index in [-0.39, 0.29) is 42.0 Å². The molecule has 2 heterocycles. The highest BCUT2D eigenvalue weighted by Crippen LogP contribution is 2.16. The topological polar surface area (TPSA) is 113 Å². The minimum atomic E-state index is -0.807. The van der Waals surface area contributed by atoms with Crippen LogP contribution in [0.3, 0.4) is 0 Å². The predicted molar refractivity (Wildman–Crippen MR) is 84.4 cm³/mol. The van der Waals surface area contributed by atoms with Crippen LogP contribution in [-0.4, -0.2) is 21.8 Å². The van der Waals surface area contributed by atoms with E-state index in [1.54, 1.807) is 24.5 Å². The van der Waals surface area contributed by atoms with Gasteiger partial charge in [0.25, 0.3) is 5.69 Å². The van der Waals surface area contributed by atoms with Gasteiger partial charge in [0.05, 0.1) is 5.60 Å². The zero-order chi connectivity index (χ0) is 16.9. The Balaban J connectivity index is 0.00000288. The van der Waals surface area contributed by atoms with Crippen molar-refractivity contribution in [3.05, 3.63) is 41.0 Å². The van der Waals surface area contributed by atoms with Crippen LogP contribution in [-0.2, 0) is 17.9 Å². The molecular formula is C14H19ClN4O5. The number of aromatic nitrogens is 3. The van der Waals surface area contributed by atoms with Crippen molar-refractivity contribution in [2.45, 2.75) is 39.5 Å². The van der Waals surface area contributed by atoms with Gasteiger partial charge in [-0.1, -0.05) is 6.07 Å². The zero-order valence-corrected chi connectivity index (χ0v) is 14.3. The standard InChI is InChI=1S/C14H18N4O5.ClH/c1-14(2,3)21-9-11-12(18(20)23-17-11)22-13(19)16-8-10-5-4-6-15-7-10;/h4-7H,8-9H2,1-3H3,(H,16,19);1H. The van der Waals surface area contributed by atoms with Crippen LogP contribution in [0.4, 0.5) is 4.79 Å². The summed E-state index contributed by atoms with van der Waals surface area (Å²) >= 11 is 0. The molecule has 0 saturated heterocycles. The van der Waals surface area contributed by atoms with Crippen molar-refractivity contribution < 1.29 is 23.8 Å². The van der Waals surface area contributed by atoms with E-state index in [1.165, 1.54) is 0 Å². The Kier molecular flexibility index (Phi) is 6.93. The van der Waals surface area contributed by atoms with Crippen LogP contribution in [0, 0.1) is 5.21 Å². The first-order chi connectivity index (χ1) is 10.8. The van der Waals surface area contributed by atoms with Gasteiger partial charge in [-0.2, -0.15) is 0 Å². The number of pyridine rings is 1. The lowest BCUT2D eigenvalue weighted by Crippen LogP contribution is -2.33. The van der Waals surface area contributed by atoms with Gasteiger partial charge in [-0.15, -0.1) is 12.4 Å². The first-order valence-corrected chi connectivity index (χ1v) is 6.92. The summed E-state index contributed by atoms with van der Waals surface area (Å²) in [6.07, 6.45) is 2.43. The highest BCUT2D eigenvalue weighted by molar-refractivity contribution is 5.85. The monoisotopic (exact) mass is 358 g/mol. The SMILES string of the molecule is CC(C)(C)OCc1no[n+]([O-])c1OC(=O)NCc1cccnc1.Cl. The number of ether oxygens (including phenoxy) is 2. The molecule has 0 unspecified atom stereocenters. The molecule has 2 rings (SSSR count). The van der Waals surface area contributed by atoms with Crippen LogP contribution in [0.15, 0.2) is 29.2 Å². The lowest BCUT2D eigenvalue weighted by Gasteiger charge is -2.17. The molecule has 10 heteroatoms. The van der Waals surface area contributed by atoms with Crippen LogP contribution in [0.2, 0.25) is 0 Å². The van der Waals surface area contributed by atoms with E-state index in [0.29, 0.717) is 0 Å². The van der Waals surface area contributed by atoms with Gasteiger partial charge in [0.2, 0.25) is 0 Å². The molecule has 0 aliphatic carbocycles. The summed E-state index contributed by atoms with van der Waals surface area (Å²) < 4.78 is 14.9. The first-order valence-electron chi connectivity index (χ1n) is 6.92. The van der Waals surface area contributed by atoms with E-state index in [1.807, 2.05) is 20.8 Å². The molecule has 0 aromatic carbocycles. The maximum Gasteiger partial charge on any atom is 0.415 e. The fourth-order valence-corrected chi connectivity index (χ4v) is 1.54.